The highest BCUT2D eigenvalue weighted by Crippen LogP contribution is 2.42. The van der Waals surface area contributed by atoms with Crippen molar-refractivity contribution in [3.05, 3.63) is 84.0 Å². The first-order valence-electron chi connectivity index (χ1n) is 12.8. The molecule has 0 bridgehead atoms. The minimum Gasteiger partial charge on any atom is -0.401 e. The number of aliphatic hydroxyl groups is 1. The van der Waals surface area contributed by atoms with Crippen LogP contribution in [0.3, 0.4) is 0 Å². The second kappa shape index (κ2) is 10.8. The van der Waals surface area contributed by atoms with Gasteiger partial charge in [-0.2, -0.15) is 0 Å². The first-order valence-corrected chi connectivity index (χ1v) is 14.7. The fourth-order valence-electron chi connectivity index (χ4n) is 5.41. The van der Waals surface area contributed by atoms with Crippen LogP contribution in [0.1, 0.15) is 74.1 Å². The van der Waals surface area contributed by atoms with Gasteiger partial charge in [0.1, 0.15) is 0 Å². The predicted octanol–water partition coefficient (Wildman–Crippen LogP) is 6.79. The van der Waals surface area contributed by atoms with Crippen molar-refractivity contribution in [1.82, 2.24) is 0 Å². The van der Waals surface area contributed by atoms with Crippen molar-refractivity contribution in [2.45, 2.75) is 90.9 Å². The van der Waals surface area contributed by atoms with Gasteiger partial charge in [0, 0.05) is 0 Å². The lowest BCUT2D eigenvalue weighted by atomic mass is 9.75. The summed E-state index contributed by atoms with van der Waals surface area (Å²) in [6.45, 7) is 15.4. The van der Waals surface area contributed by atoms with E-state index < -0.39 is 13.9 Å². The average molecular weight is 477 g/mol. The maximum absolute atomic E-state index is 11.4. The maximum atomic E-state index is 11.4. The highest BCUT2D eigenvalue weighted by atomic mass is 28.4. The van der Waals surface area contributed by atoms with Crippen molar-refractivity contribution >= 4 is 18.7 Å². The van der Waals surface area contributed by atoms with Crippen molar-refractivity contribution in [3.8, 4) is 0 Å². The quantitative estimate of drug-likeness (QED) is 0.336. The molecule has 2 nitrogen and oxygen atoms in total. The number of rotatable bonds is 8. The summed E-state index contributed by atoms with van der Waals surface area (Å²) >= 11 is 0. The summed E-state index contributed by atoms with van der Waals surface area (Å²) in [5.41, 5.74) is 1.89. The lowest BCUT2D eigenvalue weighted by molar-refractivity contribution is -0.0253. The normalized spacial score (nSPS) is 20.9. The molecule has 3 heteroatoms. The van der Waals surface area contributed by atoms with Crippen LogP contribution >= 0.6 is 0 Å². The molecule has 1 aliphatic carbocycles. The van der Waals surface area contributed by atoms with E-state index in [1.807, 2.05) is 6.92 Å². The second-order valence-corrected chi connectivity index (χ2v) is 15.8. The van der Waals surface area contributed by atoms with E-state index in [0.717, 1.165) is 25.7 Å². The molecule has 0 heterocycles. The number of benzene rings is 2. The van der Waals surface area contributed by atoms with E-state index in [1.54, 1.807) is 0 Å². The molecule has 2 aromatic rings. The Labute approximate surface area is 208 Å². The molecule has 3 rings (SSSR count). The Balaban J connectivity index is 2.00. The summed E-state index contributed by atoms with van der Waals surface area (Å²) in [7, 11) is -2.64. The Bertz CT molecular complexity index is 940. The molecule has 0 saturated heterocycles. The Morgan fingerprint density at radius 2 is 1.50 bits per heavy atom. The highest BCUT2D eigenvalue weighted by Gasteiger charge is 2.52. The lowest BCUT2D eigenvalue weighted by Crippen LogP contribution is -2.68. The largest absolute Gasteiger partial charge is 0.401 e. The van der Waals surface area contributed by atoms with E-state index >= 15 is 0 Å². The Kier molecular flexibility index (Phi) is 8.44. The van der Waals surface area contributed by atoms with Crippen LogP contribution < -0.4 is 10.4 Å². The molecule has 0 spiro atoms. The van der Waals surface area contributed by atoms with Gasteiger partial charge in [0.05, 0.1) is 11.7 Å². The Morgan fingerprint density at radius 3 is 1.97 bits per heavy atom. The summed E-state index contributed by atoms with van der Waals surface area (Å²) in [6, 6.07) is 21.7. The van der Waals surface area contributed by atoms with Crippen LogP contribution in [0.4, 0.5) is 0 Å². The van der Waals surface area contributed by atoms with Crippen molar-refractivity contribution in [1.29, 1.82) is 0 Å². The summed E-state index contributed by atoms with van der Waals surface area (Å²) in [5.74, 6) is 0.185. The second-order valence-electron chi connectivity index (χ2n) is 11.6. The zero-order chi connectivity index (χ0) is 25.0. The van der Waals surface area contributed by atoms with E-state index in [0.29, 0.717) is 0 Å². The minimum absolute atomic E-state index is 0.0000164. The van der Waals surface area contributed by atoms with Gasteiger partial charge in [0.15, 0.2) is 0 Å². The number of allylic oxidation sites excluding steroid dienone is 3. The van der Waals surface area contributed by atoms with Gasteiger partial charge in [-0.05, 0) is 80.3 Å². The Morgan fingerprint density at radius 1 is 0.971 bits per heavy atom. The molecular weight excluding hydrogens is 432 g/mol. The smallest absolute Gasteiger partial charge is 0.261 e. The monoisotopic (exact) mass is 476 g/mol. The number of hydrogen-bond acceptors (Lipinski definition) is 2. The van der Waals surface area contributed by atoms with E-state index in [2.05, 4.69) is 114 Å². The van der Waals surface area contributed by atoms with E-state index in [9.17, 15) is 5.11 Å². The Hall–Kier alpha value is -1.94. The molecule has 0 radical (unpaired) electrons. The van der Waals surface area contributed by atoms with Crippen LogP contribution in [0.2, 0.25) is 5.04 Å². The van der Waals surface area contributed by atoms with E-state index in [1.165, 1.54) is 21.5 Å². The van der Waals surface area contributed by atoms with Crippen molar-refractivity contribution < 1.29 is 9.53 Å². The van der Waals surface area contributed by atoms with Crippen LogP contribution in [0, 0.1) is 5.92 Å². The standard InChI is InChI=1S/C31H44O2Si/c1-24(2)15-14-22-31(7,32)26-21-20-25(3)29(23-26)33-34(30(4,5)6,27-16-10-8-11-17-27)28-18-12-9-13-19-28/h8-13,15-20,26,29,32H,14,21-23H2,1-7H3/t26-,29-,31?/m1/s1. The zero-order valence-corrected chi connectivity index (χ0v) is 23.3. The van der Waals surface area contributed by atoms with Crippen molar-refractivity contribution in [2.24, 2.45) is 5.92 Å². The first-order chi connectivity index (χ1) is 16.0. The van der Waals surface area contributed by atoms with Gasteiger partial charge in [-0.25, -0.2) is 0 Å². The molecule has 0 amide bonds. The predicted molar refractivity (Wildman–Crippen MR) is 148 cm³/mol. The van der Waals surface area contributed by atoms with Gasteiger partial charge in [0.25, 0.3) is 8.32 Å². The van der Waals surface area contributed by atoms with Crippen LogP contribution in [0.5, 0.6) is 0 Å². The summed E-state index contributed by atoms with van der Waals surface area (Å²) in [4.78, 5) is 0. The van der Waals surface area contributed by atoms with Gasteiger partial charge in [-0.3, -0.25) is 0 Å². The van der Waals surface area contributed by atoms with Crippen LogP contribution in [-0.2, 0) is 4.43 Å². The van der Waals surface area contributed by atoms with E-state index in [4.69, 9.17) is 4.43 Å². The van der Waals surface area contributed by atoms with Gasteiger partial charge < -0.3 is 9.53 Å². The molecule has 1 unspecified atom stereocenters. The molecule has 34 heavy (non-hydrogen) atoms. The van der Waals surface area contributed by atoms with Crippen LogP contribution in [0.15, 0.2) is 84.0 Å². The molecule has 3 atom stereocenters. The van der Waals surface area contributed by atoms with E-state index in [-0.39, 0.29) is 17.1 Å². The molecule has 1 aliphatic rings. The van der Waals surface area contributed by atoms with Gasteiger partial charge in [-0.15, -0.1) is 0 Å². The third-order valence-corrected chi connectivity index (χ3v) is 12.6. The minimum atomic E-state index is -2.64. The third kappa shape index (κ3) is 5.82. The SMILES string of the molecule is CC(C)=CCCC(C)(O)[C@@H]1CC=C(C)[C@H](O[Si](c2ccccc2)(c2ccccc2)C(C)(C)C)C1. The van der Waals surface area contributed by atoms with Gasteiger partial charge in [-0.1, -0.05) is 99.2 Å². The zero-order valence-electron chi connectivity index (χ0n) is 22.3. The summed E-state index contributed by atoms with van der Waals surface area (Å²) < 4.78 is 7.44. The van der Waals surface area contributed by atoms with Crippen LogP contribution in [0.25, 0.3) is 0 Å². The van der Waals surface area contributed by atoms with Crippen molar-refractivity contribution in [3.63, 3.8) is 0 Å². The maximum Gasteiger partial charge on any atom is 0.261 e. The van der Waals surface area contributed by atoms with Gasteiger partial charge >= 0.3 is 0 Å². The fourth-order valence-corrected chi connectivity index (χ4v) is 10.1. The van der Waals surface area contributed by atoms with Crippen LogP contribution in [-0.4, -0.2) is 25.1 Å². The average Bonchev–Trinajstić information content (AvgIpc) is 2.78. The molecule has 1 N–H and O–H groups in total. The summed E-state index contributed by atoms with van der Waals surface area (Å²) in [5, 5.41) is 14.0. The first kappa shape index (κ1) is 26.7. The third-order valence-electron chi connectivity index (χ3n) is 7.55. The summed E-state index contributed by atoms with van der Waals surface area (Å²) in [6.07, 6.45) is 8.00. The molecule has 0 aromatic heterocycles. The molecule has 184 valence electrons. The lowest BCUT2D eigenvalue weighted by Gasteiger charge is -2.47. The topological polar surface area (TPSA) is 29.5 Å². The van der Waals surface area contributed by atoms with Gasteiger partial charge in [0.2, 0.25) is 0 Å². The molecule has 0 saturated carbocycles. The molecular formula is C31H44O2Si. The fraction of sp³-hybridized carbons (Fsp3) is 0.484. The van der Waals surface area contributed by atoms with Crippen molar-refractivity contribution in [2.75, 3.05) is 0 Å². The molecule has 0 aliphatic heterocycles. The number of hydrogen-bond donors (Lipinski definition) is 1. The highest BCUT2D eigenvalue weighted by molar-refractivity contribution is 6.99. The molecule has 2 aromatic carbocycles. The molecule has 0 fully saturated rings.